The number of nitrogens with zero attached hydrogens (tertiary/aromatic N) is 1. The molecule has 1 fully saturated rings. The van der Waals surface area contributed by atoms with Gasteiger partial charge in [0.05, 0.1) is 12.7 Å². The van der Waals surface area contributed by atoms with Crippen LogP contribution >= 0.6 is 12.6 Å². The Hall–Kier alpha value is -2.10. The summed E-state index contributed by atoms with van der Waals surface area (Å²) in [7, 11) is 0. The van der Waals surface area contributed by atoms with Gasteiger partial charge in [0.25, 0.3) is 0 Å². The zero-order valence-electron chi connectivity index (χ0n) is 15.0. The molecule has 2 aromatic carbocycles. The number of halogens is 2. The van der Waals surface area contributed by atoms with E-state index >= 15 is 0 Å². The summed E-state index contributed by atoms with van der Waals surface area (Å²) in [6.07, 6.45) is 1.08. The van der Waals surface area contributed by atoms with Crippen LogP contribution in [0.2, 0.25) is 0 Å². The largest absolute Gasteiger partial charge is 0.490 e. The van der Waals surface area contributed by atoms with Gasteiger partial charge in [-0.25, -0.2) is 8.78 Å². The molecule has 0 bridgehead atoms. The molecule has 0 aromatic heterocycles. The van der Waals surface area contributed by atoms with E-state index in [1.54, 1.807) is 0 Å². The lowest BCUT2D eigenvalue weighted by Gasteiger charge is -2.39. The average Bonchev–Trinajstić information content (AvgIpc) is 2.71. The van der Waals surface area contributed by atoms with Gasteiger partial charge in [0, 0.05) is 28.9 Å². The topological polar surface area (TPSA) is 42.2 Å². The van der Waals surface area contributed by atoms with E-state index < -0.39 is 17.7 Å². The Morgan fingerprint density at radius 3 is 2.52 bits per heavy atom. The first-order valence-corrected chi connectivity index (χ1v) is 9.39. The standard InChI is InChI=1S/C13H11F2NO2.C8H10S/c14-9-1-2-10(15)13-12(9)7-3-4-17-11(5-16)8(7)6-18-13;1-2-7-3-5-8(9)6-4-7/h1-2,7-8,11H,3-4,6H2;3-6,9H,2H2,1H3. The Bertz CT molecular complexity index is 835. The van der Waals surface area contributed by atoms with Crippen molar-refractivity contribution in [3.05, 3.63) is 59.2 Å². The number of ether oxygens (including phenoxy) is 2. The molecule has 0 spiro atoms. The Labute approximate surface area is 163 Å². The lowest BCUT2D eigenvalue weighted by molar-refractivity contribution is -0.0310. The lowest BCUT2D eigenvalue weighted by atomic mass is 9.77. The minimum atomic E-state index is -0.612. The molecule has 0 radical (unpaired) electrons. The molecule has 27 heavy (non-hydrogen) atoms. The molecule has 2 aromatic rings. The van der Waals surface area contributed by atoms with E-state index in [4.69, 9.17) is 14.7 Å². The summed E-state index contributed by atoms with van der Waals surface area (Å²) < 4.78 is 38.1. The van der Waals surface area contributed by atoms with Crippen LogP contribution in [0, 0.1) is 28.9 Å². The van der Waals surface area contributed by atoms with E-state index in [2.05, 4.69) is 31.7 Å². The maximum absolute atomic E-state index is 13.9. The van der Waals surface area contributed by atoms with Gasteiger partial charge in [-0.2, -0.15) is 5.26 Å². The molecule has 1 saturated heterocycles. The van der Waals surface area contributed by atoms with Crippen LogP contribution in [0.25, 0.3) is 0 Å². The van der Waals surface area contributed by atoms with Gasteiger partial charge in [-0.05, 0) is 42.7 Å². The van der Waals surface area contributed by atoms with Crippen molar-refractivity contribution >= 4 is 12.6 Å². The van der Waals surface area contributed by atoms with Crippen molar-refractivity contribution < 1.29 is 18.3 Å². The van der Waals surface area contributed by atoms with Gasteiger partial charge in [-0.3, -0.25) is 0 Å². The number of aryl methyl sites for hydroxylation is 1. The molecule has 6 heteroatoms. The van der Waals surface area contributed by atoms with Gasteiger partial charge in [0.2, 0.25) is 0 Å². The fourth-order valence-corrected chi connectivity index (χ4v) is 3.67. The van der Waals surface area contributed by atoms with E-state index in [-0.39, 0.29) is 29.8 Å². The molecule has 3 nitrogen and oxygen atoms in total. The van der Waals surface area contributed by atoms with Crippen LogP contribution in [-0.4, -0.2) is 19.3 Å². The van der Waals surface area contributed by atoms with E-state index in [0.717, 1.165) is 23.4 Å². The molecule has 0 N–H and O–H groups in total. The lowest BCUT2D eigenvalue weighted by Crippen LogP contribution is -2.41. The summed E-state index contributed by atoms with van der Waals surface area (Å²) in [5, 5.41) is 9.00. The zero-order chi connectivity index (χ0) is 19.4. The maximum atomic E-state index is 13.9. The van der Waals surface area contributed by atoms with Gasteiger partial charge >= 0.3 is 0 Å². The second kappa shape index (κ2) is 8.73. The molecule has 2 aliphatic rings. The second-order valence-corrected chi connectivity index (χ2v) is 7.10. The quantitative estimate of drug-likeness (QED) is 0.705. The van der Waals surface area contributed by atoms with Crippen molar-refractivity contribution in [3.63, 3.8) is 0 Å². The van der Waals surface area contributed by atoms with Crippen LogP contribution in [-0.2, 0) is 11.2 Å². The first kappa shape index (κ1) is 19.7. The minimum Gasteiger partial charge on any atom is -0.490 e. The minimum absolute atomic E-state index is 0.00478. The molecule has 142 valence electrons. The van der Waals surface area contributed by atoms with Crippen molar-refractivity contribution in [3.8, 4) is 11.8 Å². The molecule has 2 aliphatic heterocycles. The molecule has 0 aliphatic carbocycles. The predicted octanol–water partition coefficient (Wildman–Crippen LogP) is 4.91. The summed E-state index contributed by atoms with van der Waals surface area (Å²) in [5.74, 6) is -1.46. The highest BCUT2D eigenvalue weighted by Gasteiger charge is 2.42. The Kier molecular flexibility index (Phi) is 6.35. The van der Waals surface area contributed by atoms with Crippen LogP contribution in [0.4, 0.5) is 8.78 Å². The van der Waals surface area contributed by atoms with Crippen LogP contribution in [0.3, 0.4) is 0 Å². The zero-order valence-corrected chi connectivity index (χ0v) is 15.9. The summed E-state index contributed by atoms with van der Waals surface area (Å²) in [6, 6.07) is 12.5. The fourth-order valence-electron chi connectivity index (χ4n) is 3.52. The monoisotopic (exact) mass is 389 g/mol. The predicted molar refractivity (Wildman–Crippen MR) is 101 cm³/mol. The third-order valence-corrected chi connectivity index (χ3v) is 5.29. The third-order valence-electron chi connectivity index (χ3n) is 4.99. The average molecular weight is 389 g/mol. The van der Waals surface area contributed by atoms with E-state index in [9.17, 15) is 8.78 Å². The molecule has 2 heterocycles. The number of hydrogen-bond acceptors (Lipinski definition) is 4. The number of benzene rings is 2. The molecule has 3 atom stereocenters. The van der Waals surface area contributed by atoms with E-state index in [1.807, 2.05) is 18.2 Å². The number of rotatable bonds is 1. The van der Waals surface area contributed by atoms with Crippen LogP contribution in [0.5, 0.6) is 5.75 Å². The third kappa shape index (κ3) is 4.26. The van der Waals surface area contributed by atoms with Crippen molar-refractivity contribution in [2.45, 2.75) is 36.7 Å². The SMILES string of the molecule is CCc1ccc(S)cc1.N#CC1OCCC2c3c(F)ccc(F)c3OCC12. The highest BCUT2D eigenvalue weighted by molar-refractivity contribution is 7.80. The highest BCUT2D eigenvalue weighted by atomic mass is 32.1. The number of fused-ring (bicyclic) bond motifs is 3. The smallest absolute Gasteiger partial charge is 0.165 e. The maximum Gasteiger partial charge on any atom is 0.165 e. The highest BCUT2D eigenvalue weighted by Crippen LogP contribution is 2.45. The first-order chi connectivity index (χ1) is 13.0. The van der Waals surface area contributed by atoms with Crippen molar-refractivity contribution in [1.29, 1.82) is 5.26 Å². The van der Waals surface area contributed by atoms with E-state index in [0.29, 0.717) is 13.0 Å². The van der Waals surface area contributed by atoms with E-state index in [1.165, 1.54) is 5.56 Å². The Morgan fingerprint density at radius 2 is 1.85 bits per heavy atom. The summed E-state index contributed by atoms with van der Waals surface area (Å²) in [6.45, 7) is 2.72. The van der Waals surface area contributed by atoms with Crippen molar-refractivity contribution in [2.24, 2.45) is 5.92 Å². The summed E-state index contributed by atoms with van der Waals surface area (Å²) in [4.78, 5) is 1.03. The van der Waals surface area contributed by atoms with Crippen molar-refractivity contribution in [1.82, 2.24) is 0 Å². The number of thiol groups is 1. The fraction of sp³-hybridized carbons (Fsp3) is 0.381. The normalized spacial score (nSPS) is 23.0. The van der Waals surface area contributed by atoms with Gasteiger partial charge in [-0.1, -0.05) is 19.1 Å². The van der Waals surface area contributed by atoms with Crippen LogP contribution in [0.15, 0.2) is 41.3 Å². The van der Waals surface area contributed by atoms with Gasteiger partial charge in [0.15, 0.2) is 17.7 Å². The Balaban J connectivity index is 0.000000197. The second-order valence-electron chi connectivity index (χ2n) is 6.58. The van der Waals surface area contributed by atoms with Gasteiger partial charge in [-0.15, -0.1) is 12.6 Å². The molecular formula is C21H21F2NO2S. The first-order valence-electron chi connectivity index (χ1n) is 8.95. The van der Waals surface area contributed by atoms with Gasteiger partial charge in [0.1, 0.15) is 5.82 Å². The molecule has 0 saturated carbocycles. The van der Waals surface area contributed by atoms with Crippen molar-refractivity contribution in [2.75, 3.05) is 13.2 Å². The van der Waals surface area contributed by atoms with Crippen LogP contribution < -0.4 is 4.74 Å². The number of hydrogen-bond donors (Lipinski definition) is 1. The van der Waals surface area contributed by atoms with Gasteiger partial charge < -0.3 is 9.47 Å². The molecule has 3 unspecified atom stereocenters. The summed E-state index contributed by atoms with van der Waals surface area (Å²) in [5.41, 5.74) is 1.63. The Morgan fingerprint density at radius 1 is 1.15 bits per heavy atom. The summed E-state index contributed by atoms with van der Waals surface area (Å²) >= 11 is 4.17. The van der Waals surface area contributed by atoms with Crippen LogP contribution in [0.1, 0.15) is 30.4 Å². The molecular weight excluding hydrogens is 368 g/mol. The molecule has 4 rings (SSSR count). The number of nitriles is 1. The molecule has 0 amide bonds.